The maximum absolute atomic E-state index is 4.73. The molecule has 23 heavy (non-hydrogen) atoms. The topological polar surface area (TPSA) is 52.6 Å². The standard InChI is InChI=1S/C17H31N5S/c1-4-18-17(20-10-6-16-21-13-14(2)23-16)19-9-5-15-7-11-22(3)12-8-15/h13,15H,4-12H2,1-3H3,(H2,18,19,20). The fraction of sp³-hybridized carbons (Fsp3) is 0.765. The number of hydrogen-bond donors (Lipinski definition) is 2. The Hall–Kier alpha value is -1.14. The molecular weight excluding hydrogens is 306 g/mol. The Morgan fingerprint density at radius 1 is 1.39 bits per heavy atom. The summed E-state index contributed by atoms with van der Waals surface area (Å²) in [4.78, 5) is 12.8. The first-order chi connectivity index (χ1) is 11.2. The normalized spacial score (nSPS) is 17.4. The van der Waals surface area contributed by atoms with Crippen molar-refractivity contribution in [3.63, 3.8) is 0 Å². The van der Waals surface area contributed by atoms with E-state index in [1.54, 1.807) is 11.3 Å². The van der Waals surface area contributed by atoms with Crippen molar-refractivity contribution in [1.29, 1.82) is 0 Å². The van der Waals surface area contributed by atoms with Gasteiger partial charge in [0.2, 0.25) is 0 Å². The van der Waals surface area contributed by atoms with Crippen molar-refractivity contribution in [1.82, 2.24) is 20.5 Å². The lowest BCUT2D eigenvalue weighted by atomic mass is 9.94. The molecule has 0 atom stereocenters. The molecule has 0 saturated carbocycles. The van der Waals surface area contributed by atoms with Crippen LogP contribution in [0.25, 0.3) is 0 Å². The predicted molar refractivity (Wildman–Crippen MR) is 99.4 cm³/mol. The molecule has 130 valence electrons. The summed E-state index contributed by atoms with van der Waals surface area (Å²) in [7, 11) is 2.21. The van der Waals surface area contributed by atoms with Gasteiger partial charge in [-0.2, -0.15) is 0 Å². The molecule has 0 spiro atoms. The van der Waals surface area contributed by atoms with Crippen LogP contribution in [0.1, 0.15) is 36.1 Å². The van der Waals surface area contributed by atoms with E-state index in [4.69, 9.17) is 4.99 Å². The van der Waals surface area contributed by atoms with Gasteiger partial charge in [0, 0.05) is 37.1 Å². The van der Waals surface area contributed by atoms with Gasteiger partial charge in [0.05, 0.1) is 5.01 Å². The molecule has 0 amide bonds. The number of rotatable bonds is 7. The van der Waals surface area contributed by atoms with E-state index in [0.29, 0.717) is 0 Å². The van der Waals surface area contributed by atoms with Crippen molar-refractivity contribution in [2.45, 2.75) is 39.5 Å². The summed E-state index contributed by atoms with van der Waals surface area (Å²) < 4.78 is 0. The smallest absolute Gasteiger partial charge is 0.191 e. The van der Waals surface area contributed by atoms with Crippen molar-refractivity contribution in [3.8, 4) is 0 Å². The van der Waals surface area contributed by atoms with E-state index >= 15 is 0 Å². The molecule has 1 fully saturated rings. The van der Waals surface area contributed by atoms with Gasteiger partial charge in [0.1, 0.15) is 0 Å². The third-order valence-corrected chi connectivity index (χ3v) is 5.26. The van der Waals surface area contributed by atoms with Gasteiger partial charge in [0.25, 0.3) is 0 Å². The number of nitrogens with zero attached hydrogens (tertiary/aromatic N) is 3. The van der Waals surface area contributed by atoms with Crippen molar-refractivity contribution in [3.05, 3.63) is 16.1 Å². The largest absolute Gasteiger partial charge is 0.357 e. The average Bonchev–Trinajstić information content (AvgIpc) is 2.95. The molecule has 6 heteroatoms. The van der Waals surface area contributed by atoms with Crippen LogP contribution in [-0.4, -0.2) is 55.6 Å². The summed E-state index contributed by atoms with van der Waals surface area (Å²) in [5.41, 5.74) is 0. The zero-order valence-electron chi connectivity index (χ0n) is 14.8. The number of aliphatic imine (C=N–C) groups is 1. The molecule has 1 aromatic heterocycles. The van der Waals surface area contributed by atoms with Gasteiger partial charge in [-0.15, -0.1) is 11.3 Å². The maximum Gasteiger partial charge on any atom is 0.191 e. The fourth-order valence-corrected chi connectivity index (χ4v) is 3.64. The lowest BCUT2D eigenvalue weighted by Gasteiger charge is -2.28. The Labute approximate surface area is 144 Å². The van der Waals surface area contributed by atoms with Crippen molar-refractivity contribution < 1.29 is 0 Å². The van der Waals surface area contributed by atoms with Crippen LogP contribution in [0.4, 0.5) is 0 Å². The Balaban J connectivity index is 1.69. The molecule has 1 aromatic rings. The van der Waals surface area contributed by atoms with Crippen molar-refractivity contribution in [2.75, 3.05) is 39.8 Å². The minimum absolute atomic E-state index is 0.844. The second-order valence-electron chi connectivity index (χ2n) is 6.34. The Kier molecular flexibility index (Phi) is 7.82. The molecule has 5 nitrogen and oxygen atoms in total. The van der Waals surface area contributed by atoms with Crippen LogP contribution in [0.2, 0.25) is 0 Å². The van der Waals surface area contributed by atoms with E-state index in [1.807, 2.05) is 6.20 Å². The van der Waals surface area contributed by atoms with Gasteiger partial charge in [-0.1, -0.05) is 0 Å². The van der Waals surface area contributed by atoms with Gasteiger partial charge in [-0.05, 0) is 59.2 Å². The number of aromatic nitrogens is 1. The van der Waals surface area contributed by atoms with Crippen LogP contribution in [0.15, 0.2) is 11.2 Å². The third kappa shape index (κ3) is 6.87. The fourth-order valence-electron chi connectivity index (χ4n) is 2.86. The van der Waals surface area contributed by atoms with Gasteiger partial charge < -0.3 is 15.5 Å². The average molecular weight is 338 g/mol. The number of aryl methyl sites for hydroxylation is 1. The quantitative estimate of drug-likeness (QED) is 0.592. The molecule has 2 N–H and O–H groups in total. The Morgan fingerprint density at radius 3 is 2.83 bits per heavy atom. The lowest BCUT2D eigenvalue weighted by molar-refractivity contribution is 0.214. The predicted octanol–water partition coefficient (Wildman–Crippen LogP) is 2.28. The van der Waals surface area contributed by atoms with Gasteiger partial charge in [-0.3, -0.25) is 4.99 Å². The highest BCUT2D eigenvalue weighted by atomic mass is 32.1. The molecule has 1 aliphatic heterocycles. The number of likely N-dealkylation sites (tertiary alicyclic amines) is 1. The van der Waals surface area contributed by atoms with E-state index in [9.17, 15) is 0 Å². The monoisotopic (exact) mass is 337 g/mol. The van der Waals surface area contributed by atoms with Crippen LogP contribution in [-0.2, 0) is 6.42 Å². The molecule has 0 bridgehead atoms. The number of hydrogen-bond acceptors (Lipinski definition) is 4. The molecule has 0 radical (unpaired) electrons. The van der Waals surface area contributed by atoms with E-state index in [-0.39, 0.29) is 0 Å². The molecule has 1 aliphatic rings. The van der Waals surface area contributed by atoms with Crippen LogP contribution in [0.5, 0.6) is 0 Å². The first kappa shape index (κ1) is 18.2. The maximum atomic E-state index is 4.73. The molecule has 0 aliphatic carbocycles. The van der Waals surface area contributed by atoms with Crippen molar-refractivity contribution >= 4 is 17.3 Å². The molecular formula is C17H31N5S. The summed E-state index contributed by atoms with van der Waals surface area (Å²) in [6.45, 7) is 9.38. The van der Waals surface area contributed by atoms with E-state index in [2.05, 4.69) is 41.4 Å². The number of guanidine groups is 1. The van der Waals surface area contributed by atoms with Gasteiger partial charge in [0.15, 0.2) is 5.96 Å². The zero-order valence-corrected chi connectivity index (χ0v) is 15.6. The van der Waals surface area contributed by atoms with E-state index in [0.717, 1.165) is 37.9 Å². The molecule has 0 unspecified atom stereocenters. The van der Waals surface area contributed by atoms with Crippen molar-refractivity contribution in [2.24, 2.45) is 10.9 Å². The second-order valence-corrected chi connectivity index (χ2v) is 7.66. The first-order valence-corrected chi connectivity index (χ1v) is 9.61. The summed E-state index contributed by atoms with van der Waals surface area (Å²) in [6.07, 6.45) is 6.74. The molecule has 2 rings (SSSR count). The summed E-state index contributed by atoms with van der Waals surface area (Å²) >= 11 is 1.77. The first-order valence-electron chi connectivity index (χ1n) is 8.79. The Bertz CT molecular complexity index is 477. The third-order valence-electron chi connectivity index (χ3n) is 4.29. The van der Waals surface area contributed by atoms with Gasteiger partial charge >= 0.3 is 0 Å². The van der Waals surface area contributed by atoms with Crippen LogP contribution in [0, 0.1) is 12.8 Å². The highest BCUT2D eigenvalue weighted by Gasteiger charge is 2.15. The van der Waals surface area contributed by atoms with E-state index < -0.39 is 0 Å². The highest BCUT2D eigenvalue weighted by Crippen LogP contribution is 2.19. The number of piperidine rings is 1. The van der Waals surface area contributed by atoms with E-state index in [1.165, 1.54) is 42.2 Å². The van der Waals surface area contributed by atoms with Crippen LogP contribution < -0.4 is 10.6 Å². The summed E-state index contributed by atoms with van der Waals surface area (Å²) in [6, 6.07) is 0. The molecule has 1 saturated heterocycles. The lowest BCUT2D eigenvalue weighted by Crippen LogP contribution is -2.38. The van der Waals surface area contributed by atoms with Crippen LogP contribution >= 0.6 is 11.3 Å². The zero-order chi connectivity index (χ0) is 16.5. The number of thiazole rings is 1. The summed E-state index contributed by atoms with van der Waals surface area (Å²) in [5, 5.41) is 7.94. The Morgan fingerprint density at radius 2 is 2.17 bits per heavy atom. The van der Waals surface area contributed by atoms with Crippen LogP contribution in [0.3, 0.4) is 0 Å². The molecule has 2 heterocycles. The summed E-state index contributed by atoms with van der Waals surface area (Å²) in [5.74, 6) is 1.78. The molecule has 0 aromatic carbocycles. The SMILES string of the molecule is CCNC(=NCCC1CCN(C)CC1)NCCc1ncc(C)s1. The minimum atomic E-state index is 0.844. The van der Waals surface area contributed by atoms with Gasteiger partial charge in [-0.25, -0.2) is 4.98 Å². The number of nitrogens with one attached hydrogen (secondary N) is 2. The highest BCUT2D eigenvalue weighted by molar-refractivity contribution is 7.11. The minimum Gasteiger partial charge on any atom is -0.357 e. The second kappa shape index (κ2) is 9.88.